The highest BCUT2D eigenvalue weighted by atomic mass is 32.2. The summed E-state index contributed by atoms with van der Waals surface area (Å²) in [5, 5.41) is 0. The van der Waals surface area contributed by atoms with E-state index in [2.05, 4.69) is 0 Å². The molecule has 0 unspecified atom stereocenters. The van der Waals surface area contributed by atoms with Gasteiger partial charge in [0.2, 0.25) is 6.29 Å². The van der Waals surface area contributed by atoms with E-state index in [9.17, 15) is 4.79 Å². The molecule has 39 valence electrons. The van der Waals surface area contributed by atoms with Gasteiger partial charge in [0.15, 0.2) is 0 Å². The monoisotopic (exact) mass is 133 g/mol. The zero-order chi connectivity index (χ0) is 5.11. The van der Waals surface area contributed by atoms with Crippen LogP contribution in [0.1, 0.15) is 0 Å². The highest BCUT2D eigenvalue weighted by Crippen LogP contribution is 2.29. The van der Waals surface area contributed by atoms with Crippen LogP contribution in [-0.4, -0.2) is 22.4 Å². The van der Waals surface area contributed by atoms with Crippen molar-refractivity contribution in [2.75, 3.05) is 11.5 Å². The lowest BCUT2D eigenvalue weighted by Gasteiger charge is -1.88. The van der Waals surface area contributed by atoms with Gasteiger partial charge in [-0.1, -0.05) is 0 Å². The normalized spacial score (nSPS) is 22.9. The van der Waals surface area contributed by atoms with Crippen LogP contribution < -0.4 is 0 Å². The minimum absolute atomic E-state index is 0.125. The van der Waals surface area contributed by atoms with Gasteiger partial charge in [0.05, 0.1) is 0 Å². The molecular weight excluding hydrogens is 128 g/mol. The second-order valence-electron chi connectivity index (χ2n) is 1.19. The van der Waals surface area contributed by atoms with Crippen LogP contribution >= 0.6 is 23.5 Å². The average molecular weight is 133 g/mol. The summed E-state index contributed by atoms with van der Waals surface area (Å²) >= 11 is 3.36. The molecule has 0 aromatic carbocycles. The molecule has 1 rings (SSSR count). The van der Waals surface area contributed by atoms with E-state index in [-0.39, 0.29) is 4.58 Å². The molecule has 0 atom stereocenters. The van der Waals surface area contributed by atoms with Crippen LogP contribution in [0.2, 0.25) is 0 Å². The van der Waals surface area contributed by atoms with Gasteiger partial charge in [-0.3, -0.25) is 4.79 Å². The van der Waals surface area contributed by atoms with Gasteiger partial charge in [-0.15, -0.1) is 23.5 Å². The molecule has 7 heavy (non-hydrogen) atoms. The Balaban J connectivity index is 2.26. The summed E-state index contributed by atoms with van der Waals surface area (Å²) in [6.07, 6.45) is 1.94. The number of hydrogen-bond acceptors (Lipinski definition) is 3. The van der Waals surface area contributed by atoms with Gasteiger partial charge in [-0.05, 0) is 0 Å². The number of thioether (sulfide) groups is 2. The molecule has 1 saturated heterocycles. The maximum absolute atomic E-state index is 9.84. The first kappa shape index (κ1) is 5.51. The van der Waals surface area contributed by atoms with Crippen LogP contribution in [-0.2, 0) is 4.79 Å². The van der Waals surface area contributed by atoms with Crippen molar-refractivity contribution in [1.82, 2.24) is 0 Å². The Morgan fingerprint density at radius 2 is 2.00 bits per heavy atom. The second kappa shape index (κ2) is 2.62. The molecule has 0 aliphatic carbocycles. The molecule has 0 aromatic rings. The first-order chi connectivity index (χ1) is 3.43. The number of carbonyl (C=O) groups excluding carboxylic acids is 1. The summed E-state index contributed by atoms with van der Waals surface area (Å²) in [5.41, 5.74) is 0. The van der Waals surface area contributed by atoms with E-state index in [1.165, 1.54) is 0 Å². The highest BCUT2D eigenvalue weighted by molar-refractivity contribution is 8.21. The topological polar surface area (TPSA) is 17.1 Å². The second-order valence-corrected chi connectivity index (χ2v) is 3.92. The summed E-state index contributed by atoms with van der Waals surface area (Å²) in [4.78, 5) is 9.84. The zero-order valence-corrected chi connectivity index (χ0v) is 5.35. The van der Waals surface area contributed by atoms with E-state index in [1.54, 1.807) is 23.5 Å². The minimum atomic E-state index is 0.125. The molecule has 1 radical (unpaired) electrons. The van der Waals surface area contributed by atoms with Crippen LogP contribution in [0.25, 0.3) is 0 Å². The van der Waals surface area contributed by atoms with Gasteiger partial charge in [-0.25, -0.2) is 0 Å². The molecule has 1 aliphatic heterocycles. The molecule has 0 aromatic heterocycles. The Labute approximate surface area is 51.2 Å². The highest BCUT2D eigenvalue weighted by Gasteiger charge is 2.14. The quantitative estimate of drug-likeness (QED) is 0.529. The molecule has 0 bridgehead atoms. The molecular formula is C4H5OS2. The van der Waals surface area contributed by atoms with E-state index in [0.29, 0.717) is 0 Å². The van der Waals surface area contributed by atoms with Gasteiger partial charge < -0.3 is 0 Å². The average Bonchev–Trinajstić information content (AvgIpc) is 2.14. The summed E-state index contributed by atoms with van der Waals surface area (Å²) < 4.78 is 0.125. The third-order valence-electron chi connectivity index (χ3n) is 0.718. The Morgan fingerprint density at radius 3 is 2.29 bits per heavy atom. The van der Waals surface area contributed by atoms with Crippen LogP contribution in [0, 0.1) is 0 Å². The predicted octanol–water partition coefficient (Wildman–Crippen LogP) is 0.902. The summed E-state index contributed by atoms with van der Waals surface area (Å²) in [6.45, 7) is 0. The van der Waals surface area contributed by atoms with Crippen molar-refractivity contribution in [3.8, 4) is 0 Å². The van der Waals surface area contributed by atoms with Crippen LogP contribution in [0.3, 0.4) is 0 Å². The minimum Gasteiger partial charge on any atom is -0.289 e. The van der Waals surface area contributed by atoms with E-state index in [0.717, 1.165) is 11.5 Å². The van der Waals surface area contributed by atoms with E-state index in [4.69, 9.17) is 0 Å². The van der Waals surface area contributed by atoms with E-state index < -0.39 is 0 Å². The first-order valence-electron chi connectivity index (χ1n) is 2.04. The molecule has 1 fully saturated rings. The van der Waals surface area contributed by atoms with Crippen LogP contribution in [0.4, 0.5) is 0 Å². The third-order valence-corrected chi connectivity index (χ3v) is 3.47. The van der Waals surface area contributed by atoms with Crippen molar-refractivity contribution in [3.63, 3.8) is 0 Å². The lowest BCUT2D eigenvalue weighted by Crippen LogP contribution is -1.88. The molecule has 0 amide bonds. The van der Waals surface area contributed by atoms with E-state index in [1.807, 2.05) is 6.29 Å². The lowest BCUT2D eigenvalue weighted by atomic mass is 10.9. The fraction of sp³-hybridized carbons (Fsp3) is 0.750. The number of hydrogen-bond donors (Lipinski definition) is 0. The standard InChI is InChI=1S/C4H5OS2/c5-3-4-6-1-2-7-4/h4H,1-2H2. The summed E-state index contributed by atoms with van der Waals surface area (Å²) in [6, 6.07) is 0. The molecule has 1 aliphatic rings. The zero-order valence-electron chi connectivity index (χ0n) is 3.72. The smallest absolute Gasteiger partial charge is 0.223 e. The molecule has 3 heteroatoms. The Bertz CT molecular complexity index is 68.1. The maximum Gasteiger partial charge on any atom is 0.223 e. The van der Waals surface area contributed by atoms with Crippen molar-refractivity contribution in [1.29, 1.82) is 0 Å². The van der Waals surface area contributed by atoms with Crippen LogP contribution in [0.15, 0.2) is 0 Å². The molecule has 0 saturated carbocycles. The molecule has 1 nitrogen and oxygen atoms in total. The van der Waals surface area contributed by atoms with Crippen molar-refractivity contribution < 1.29 is 4.79 Å². The van der Waals surface area contributed by atoms with Gasteiger partial charge >= 0.3 is 0 Å². The van der Waals surface area contributed by atoms with Crippen molar-refractivity contribution in [2.45, 2.75) is 4.58 Å². The molecule has 0 spiro atoms. The molecule has 0 N–H and O–H groups in total. The van der Waals surface area contributed by atoms with Gasteiger partial charge in [0.25, 0.3) is 0 Å². The fourth-order valence-electron chi connectivity index (χ4n) is 0.426. The van der Waals surface area contributed by atoms with Crippen molar-refractivity contribution >= 4 is 29.8 Å². The number of rotatable bonds is 1. The van der Waals surface area contributed by atoms with Crippen molar-refractivity contribution in [3.05, 3.63) is 0 Å². The maximum atomic E-state index is 9.84. The molecule has 1 heterocycles. The van der Waals surface area contributed by atoms with E-state index >= 15 is 0 Å². The Morgan fingerprint density at radius 1 is 1.43 bits per heavy atom. The largest absolute Gasteiger partial charge is 0.289 e. The fourth-order valence-corrected chi connectivity index (χ4v) is 2.72. The Hall–Kier alpha value is 0.370. The summed E-state index contributed by atoms with van der Waals surface area (Å²) in [5.74, 6) is 2.23. The third kappa shape index (κ3) is 1.39. The SMILES string of the molecule is O=[C]C1SCCS1. The predicted molar refractivity (Wildman–Crippen MR) is 34.4 cm³/mol. The summed E-state index contributed by atoms with van der Waals surface area (Å²) in [7, 11) is 0. The van der Waals surface area contributed by atoms with Crippen molar-refractivity contribution in [2.24, 2.45) is 0 Å². The van der Waals surface area contributed by atoms with Gasteiger partial charge in [0, 0.05) is 11.5 Å². The van der Waals surface area contributed by atoms with Crippen LogP contribution in [0.5, 0.6) is 0 Å². The Kier molecular flexibility index (Phi) is 2.06. The van der Waals surface area contributed by atoms with Gasteiger partial charge in [-0.2, -0.15) is 0 Å². The first-order valence-corrected chi connectivity index (χ1v) is 4.14. The van der Waals surface area contributed by atoms with Gasteiger partial charge in [0.1, 0.15) is 4.58 Å². The lowest BCUT2D eigenvalue weighted by molar-refractivity contribution is 0.559.